The van der Waals surface area contributed by atoms with Crippen molar-refractivity contribution in [3.05, 3.63) is 101 Å². The monoisotopic (exact) mass is 438 g/mol. The Morgan fingerprint density at radius 3 is 2.52 bits per heavy atom. The Kier molecular flexibility index (Phi) is 5.85. The van der Waals surface area contributed by atoms with Crippen molar-refractivity contribution in [3.63, 3.8) is 0 Å². The van der Waals surface area contributed by atoms with Crippen molar-refractivity contribution in [1.29, 1.82) is 0 Å². The zero-order valence-electron chi connectivity index (χ0n) is 18.8. The molecule has 0 saturated carbocycles. The quantitative estimate of drug-likeness (QED) is 0.368. The van der Waals surface area contributed by atoms with Gasteiger partial charge in [0, 0.05) is 18.5 Å². The molecule has 0 fully saturated rings. The summed E-state index contributed by atoms with van der Waals surface area (Å²) in [4.78, 5) is 4.93. The molecule has 0 amide bonds. The summed E-state index contributed by atoms with van der Waals surface area (Å²) in [5.74, 6) is 2.37. The number of nitrogens with zero attached hydrogens (tertiary/aromatic N) is 5. The normalized spacial score (nSPS) is 12.2. The van der Waals surface area contributed by atoms with E-state index in [9.17, 15) is 0 Å². The number of aryl methyl sites for hydroxylation is 2. The molecule has 7 nitrogen and oxygen atoms in total. The summed E-state index contributed by atoms with van der Waals surface area (Å²) in [7, 11) is 0. The number of hydrogen-bond donors (Lipinski definition) is 1. The van der Waals surface area contributed by atoms with Crippen molar-refractivity contribution >= 4 is 11.0 Å². The number of rotatable bonds is 8. The van der Waals surface area contributed by atoms with Gasteiger partial charge in [0.15, 0.2) is 6.10 Å². The molecule has 2 heterocycles. The number of H-pyrrole nitrogens is 1. The number of hydrogen-bond acceptors (Lipinski definition) is 5. The van der Waals surface area contributed by atoms with Crippen LogP contribution in [0.3, 0.4) is 0 Å². The molecule has 1 N–H and O–H groups in total. The van der Waals surface area contributed by atoms with E-state index in [1.165, 1.54) is 16.6 Å². The van der Waals surface area contributed by atoms with Crippen molar-refractivity contribution in [2.45, 2.75) is 39.3 Å². The number of para-hydroxylation sites is 1. The van der Waals surface area contributed by atoms with Crippen LogP contribution in [0.2, 0.25) is 0 Å². The highest BCUT2D eigenvalue weighted by Gasteiger charge is 2.20. The first-order valence-corrected chi connectivity index (χ1v) is 11.2. The third kappa shape index (κ3) is 4.35. The number of fused-ring (bicyclic) bond motifs is 1. The average molecular weight is 439 g/mol. The highest BCUT2D eigenvalue weighted by atomic mass is 16.5. The van der Waals surface area contributed by atoms with Gasteiger partial charge in [0.25, 0.3) is 0 Å². The Bertz CT molecular complexity index is 1330. The maximum atomic E-state index is 6.28. The van der Waals surface area contributed by atoms with Gasteiger partial charge in [-0.05, 0) is 42.7 Å². The maximum Gasteiger partial charge on any atom is 0.219 e. The van der Waals surface area contributed by atoms with E-state index in [0.717, 1.165) is 42.0 Å². The zero-order chi connectivity index (χ0) is 22.6. The fraction of sp³-hybridized carbons (Fsp3) is 0.231. The van der Waals surface area contributed by atoms with Crippen LogP contribution in [-0.2, 0) is 13.0 Å². The van der Waals surface area contributed by atoms with E-state index in [4.69, 9.17) is 9.72 Å². The molecule has 2 aromatic heterocycles. The highest BCUT2D eigenvalue weighted by Crippen LogP contribution is 2.27. The topological polar surface area (TPSA) is 81.5 Å². The summed E-state index contributed by atoms with van der Waals surface area (Å²) in [6, 6.07) is 24.5. The van der Waals surface area contributed by atoms with Crippen LogP contribution < -0.4 is 4.74 Å². The van der Waals surface area contributed by atoms with E-state index < -0.39 is 6.10 Å². The van der Waals surface area contributed by atoms with Gasteiger partial charge in [-0.2, -0.15) is 5.21 Å². The fourth-order valence-corrected chi connectivity index (χ4v) is 4.10. The second-order valence-corrected chi connectivity index (χ2v) is 8.13. The minimum Gasteiger partial charge on any atom is -0.478 e. The number of aromatic amines is 1. The summed E-state index contributed by atoms with van der Waals surface area (Å²) < 4.78 is 8.61. The lowest BCUT2D eigenvalue weighted by Gasteiger charge is -2.17. The second-order valence-electron chi connectivity index (χ2n) is 8.13. The van der Waals surface area contributed by atoms with E-state index in [-0.39, 0.29) is 0 Å². The van der Waals surface area contributed by atoms with E-state index >= 15 is 0 Å². The van der Waals surface area contributed by atoms with Crippen LogP contribution in [0.4, 0.5) is 0 Å². The molecule has 0 bridgehead atoms. The molecule has 0 aliphatic carbocycles. The molecule has 5 rings (SSSR count). The Balaban J connectivity index is 1.40. The van der Waals surface area contributed by atoms with Gasteiger partial charge in [0.05, 0.1) is 11.0 Å². The minimum atomic E-state index is -0.437. The third-order valence-electron chi connectivity index (χ3n) is 5.75. The van der Waals surface area contributed by atoms with Crippen LogP contribution in [0.15, 0.2) is 72.8 Å². The molecule has 0 spiro atoms. The van der Waals surface area contributed by atoms with Crippen LogP contribution >= 0.6 is 0 Å². The van der Waals surface area contributed by atoms with Crippen molar-refractivity contribution in [3.8, 4) is 5.75 Å². The number of imidazole rings is 1. The molecule has 1 unspecified atom stereocenters. The lowest BCUT2D eigenvalue weighted by Crippen LogP contribution is -2.11. The van der Waals surface area contributed by atoms with Gasteiger partial charge in [0.2, 0.25) is 5.82 Å². The maximum absolute atomic E-state index is 6.28. The lowest BCUT2D eigenvalue weighted by atomic mass is 10.1. The molecule has 5 aromatic rings. The third-order valence-corrected chi connectivity index (χ3v) is 5.75. The molecule has 0 saturated heterocycles. The van der Waals surface area contributed by atoms with E-state index in [2.05, 4.69) is 69.4 Å². The van der Waals surface area contributed by atoms with Crippen LogP contribution in [0.1, 0.15) is 47.8 Å². The molecular weight excluding hydrogens is 412 g/mol. The lowest BCUT2D eigenvalue weighted by molar-refractivity contribution is 0.237. The van der Waals surface area contributed by atoms with E-state index in [1.54, 1.807) is 0 Å². The molecule has 166 valence electrons. The second kappa shape index (κ2) is 9.24. The van der Waals surface area contributed by atoms with Gasteiger partial charge in [-0.3, -0.25) is 0 Å². The van der Waals surface area contributed by atoms with E-state index in [0.29, 0.717) is 5.82 Å². The summed E-state index contributed by atoms with van der Waals surface area (Å²) in [6.45, 7) is 5.08. The summed E-state index contributed by atoms with van der Waals surface area (Å²) in [5, 5.41) is 14.5. The first-order chi connectivity index (χ1) is 16.2. The smallest absolute Gasteiger partial charge is 0.219 e. The SMILES string of the molecule is CCCc1nc2c(C)cccc2n1Cc1ccc(OC(c2ccccc2)c2nn[nH]n2)cc1. The number of nitrogens with one attached hydrogen (secondary N) is 1. The van der Waals surface area contributed by atoms with Gasteiger partial charge in [-0.15, -0.1) is 10.2 Å². The van der Waals surface area contributed by atoms with Crippen LogP contribution in [0.25, 0.3) is 11.0 Å². The minimum absolute atomic E-state index is 0.437. The first kappa shape index (κ1) is 20.9. The van der Waals surface area contributed by atoms with Gasteiger partial charge in [0.1, 0.15) is 11.6 Å². The molecule has 1 atom stereocenters. The van der Waals surface area contributed by atoms with Crippen LogP contribution in [0, 0.1) is 6.92 Å². The van der Waals surface area contributed by atoms with Crippen molar-refractivity contribution < 1.29 is 4.74 Å². The predicted octanol–water partition coefficient (Wildman–Crippen LogP) is 5.03. The fourth-order valence-electron chi connectivity index (χ4n) is 4.10. The van der Waals surface area contributed by atoms with Crippen LogP contribution in [0.5, 0.6) is 5.75 Å². The number of ether oxygens (including phenoxy) is 1. The molecule has 0 aliphatic rings. The first-order valence-electron chi connectivity index (χ1n) is 11.2. The largest absolute Gasteiger partial charge is 0.478 e. The Labute approximate surface area is 192 Å². The summed E-state index contributed by atoms with van der Waals surface area (Å²) in [6.07, 6.45) is 1.58. The molecule has 7 heteroatoms. The summed E-state index contributed by atoms with van der Waals surface area (Å²) >= 11 is 0. The Hall–Kier alpha value is -4.00. The zero-order valence-corrected chi connectivity index (χ0v) is 18.8. The van der Waals surface area contributed by atoms with Crippen molar-refractivity contribution in [2.75, 3.05) is 0 Å². The van der Waals surface area contributed by atoms with Gasteiger partial charge < -0.3 is 9.30 Å². The average Bonchev–Trinajstić information content (AvgIpc) is 3.49. The van der Waals surface area contributed by atoms with Gasteiger partial charge >= 0.3 is 0 Å². The van der Waals surface area contributed by atoms with E-state index in [1.807, 2.05) is 42.5 Å². The predicted molar refractivity (Wildman–Crippen MR) is 127 cm³/mol. The summed E-state index contributed by atoms with van der Waals surface area (Å²) in [5.41, 5.74) is 5.64. The van der Waals surface area contributed by atoms with Crippen molar-refractivity contribution in [2.24, 2.45) is 0 Å². The number of tetrazole rings is 1. The van der Waals surface area contributed by atoms with Crippen molar-refractivity contribution in [1.82, 2.24) is 30.2 Å². The Morgan fingerprint density at radius 2 is 1.79 bits per heavy atom. The number of aromatic nitrogens is 6. The number of benzene rings is 3. The van der Waals surface area contributed by atoms with Gasteiger partial charge in [-0.1, -0.05) is 66.7 Å². The standard InChI is InChI=1S/C26H26N6O/c1-3-8-23-27-24-18(2)9-7-12-22(24)32(23)17-19-13-15-21(16-14-19)33-25(26-28-30-31-29-26)20-10-5-4-6-11-20/h4-7,9-16,25H,3,8,17H2,1-2H3,(H,28,29,30,31). The Morgan fingerprint density at radius 1 is 0.970 bits per heavy atom. The molecule has 0 aliphatic heterocycles. The molecule has 3 aromatic carbocycles. The van der Waals surface area contributed by atoms with Crippen LogP contribution in [-0.4, -0.2) is 30.2 Å². The molecular formula is C26H26N6O. The molecule has 33 heavy (non-hydrogen) atoms. The van der Waals surface area contributed by atoms with Gasteiger partial charge in [-0.25, -0.2) is 4.98 Å². The highest BCUT2D eigenvalue weighted by molar-refractivity contribution is 5.79. The molecule has 0 radical (unpaired) electrons.